The Hall–Kier alpha value is -3.23. The lowest BCUT2D eigenvalue weighted by Gasteiger charge is -2.32. The Labute approximate surface area is 155 Å². The van der Waals surface area contributed by atoms with Crippen LogP contribution >= 0.6 is 0 Å². The van der Waals surface area contributed by atoms with Gasteiger partial charge >= 0.3 is 0 Å². The quantitative estimate of drug-likeness (QED) is 0.512. The fourth-order valence-electron chi connectivity index (χ4n) is 3.50. The van der Waals surface area contributed by atoms with Crippen molar-refractivity contribution in [3.05, 3.63) is 46.5 Å². The first-order chi connectivity index (χ1) is 13.0. The highest BCUT2D eigenvalue weighted by Gasteiger charge is 2.27. The van der Waals surface area contributed by atoms with Gasteiger partial charge < -0.3 is 14.3 Å². The molecule has 1 fully saturated rings. The van der Waals surface area contributed by atoms with E-state index in [1.54, 1.807) is 30.5 Å². The van der Waals surface area contributed by atoms with Crippen LogP contribution in [0.1, 0.15) is 24.7 Å². The number of non-ortho nitro benzene ring substituents is 1. The molecule has 0 aliphatic carbocycles. The van der Waals surface area contributed by atoms with Gasteiger partial charge in [-0.15, -0.1) is 0 Å². The summed E-state index contributed by atoms with van der Waals surface area (Å²) in [5, 5.41) is 15.8. The number of pyridine rings is 1. The van der Waals surface area contributed by atoms with Crippen LogP contribution in [-0.4, -0.2) is 47.2 Å². The van der Waals surface area contributed by atoms with E-state index in [9.17, 15) is 10.1 Å². The second-order valence-corrected chi connectivity index (χ2v) is 6.85. The summed E-state index contributed by atoms with van der Waals surface area (Å²) in [5.41, 5.74) is 1.67. The predicted molar refractivity (Wildman–Crippen MR) is 101 cm³/mol. The van der Waals surface area contributed by atoms with Crippen LogP contribution in [-0.2, 0) is 0 Å². The van der Waals surface area contributed by atoms with Crippen molar-refractivity contribution < 1.29 is 9.45 Å². The number of aromatic nitrogens is 3. The summed E-state index contributed by atoms with van der Waals surface area (Å²) in [6, 6.07) is 6.83. The molecule has 1 aliphatic rings. The summed E-state index contributed by atoms with van der Waals surface area (Å²) in [4.78, 5) is 23.8. The third-order valence-corrected chi connectivity index (χ3v) is 4.94. The average Bonchev–Trinajstić information content (AvgIpc) is 3.18. The van der Waals surface area contributed by atoms with E-state index in [4.69, 9.17) is 4.52 Å². The maximum absolute atomic E-state index is 11.3. The van der Waals surface area contributed by atoms with Crippen molar-refractivity contribution in [3.63, 3.8) is 0 Å². The minimum atomic E-state index is -0.363. The lowest BCUT2D eigenvalue weighted by molar-refractivity contribution is -0.383. The molecule has 9 heteroatoms. The monoisotopic (exact) mass is 368 g/mol. The van der Waals surface area contributed by atoms with Gasteiger partial charge in [-0.3, -0.25) is 15.1 Å². The van der Waals surface area contributed by atoms with Crippen LogP contribution in [0.3, 0.4) is 0 Å². The number of nitro groups is 1. The summed E-state index contributed by atoms with van der Waals surface area (Å²) in [5.74, 6) is 1.47. The van der Waals surface area contributed by atoms with Gasteiger partial charge in [-0.1, -0.05) is 0 Å². The number of anilines is 2. The highest BCUT2D eigenvalue weighted by atomic mass is 16.6. The van der Waals surface area contributed by atoms with E-state index in [0.717, 1.165) is 31.6 Å². The fraction of sp³-hybridized carbons (Fsp3) is 0.389. The van der Waals surface area contributed by atoms with Crippen LogP contribution in [0.25, 0.3) is 10.9 Å². The van der Waals surface area contributed by atoms with E-state index >= 15 is 0 Å². The van der Waals surface area contributed by atoms with Gasteiger partial charge in [0.25, 0.3) is 11.6 Å². The van der Waals surface area contributed by atoms with Crippen LogP contribution in [0.5, 0.6) is 0 Å². The van der Waals surface area contributed by atoms with Crippen molar-refractivity contribution in [2.24, 2.45) is 0 Å². The van der Waals surface area contributed by atoms with Crippen molar-refractivity contribution in [1.82, 2.24) is 15.1 Å². The number of piperidine rings is 1. The van der Waals surface area contributed by atoms with Crippen molar-refractivity contribution in [1.29, 1.82) is 0 Å². The molecule has 0 saturated carbocycles. The normalized spacial score (nSPS) is 15.3. The largest absolute Gasteiger partial charge is 0.370 e. The highest BCUT2D eigenvalue weighted by molar-refractivity contribution is 5.97. The maximum atomic E-state index is 11.3. The maximum Gasteiger partial charge on any atom is 0.278 e. The summed E-state index contributed by atoms with van der Waals surface area (Å²) >= 11 is 0. The van der Waals surface area contributed by atoms with E-state index < -0.39 is 0 Å². The summed E-state index contributed by atoms with van der Waals surface area (Å²) in [6.07, 6.45) is 3.42. The molecule has 0 spiro atoms. The Bertz CT molecular complexity index is 978. The number of fused-ring (bicyclic) bond motifs is 1. The molecule has 3 heterocycles. The third kappa shape index (κ3) is 3.16. The SMILES string of the molecule is CN(C)c1noc(C2CCN(c3ccc([N+](=O)[O-])c4cccnc34)CC2)n1. The van der Waals surface area contributed by atoms with Gasteiger partial charge in [0.2, 0.25) is 5.89 Å². The zero-order valence-corrected chi connectivity index (χ0v) is 15.2. The van der Waals surface area contributed by atoms with Crippen LogP contribution < -0.4 is 9.80 Å². The molecule has 0 radical (unpaired) electrons. The lowest BCUT2D eigenvalue weighted by Crippen LogP contribution is -2.33. The molecule has 1 saturated heterocycles. The molecule has 27 heavy (non-hydrogen) atoms. The lowest BCUT2D eigenvalue weighted by atomic mass is 9.96. The van der Waals surface area contributed by atoms with Gasteiger partial charge in [0.15, 0.2) is 0 Å². The molecule has 1 aromatic carbocycles. The second kappa shape index (κ2) is 6.82. The van der Waals surface area contributed by atoms with E-state index in [1.165, 1.54) is 0 Å². The first-order valence-corrected chi connectivity index (χ1v) is 8.82. The number of nitro benzene ring substituents is 1. The summed E-state index contributed by atoms with van der Waals surface area (Å²) in [7, 11) is 3.76. The van der Waals surface area contributed by atoms with Crippen LogP contribution in [0, 0.1) is 10.1 Å². The Morgan fingerprint density at radius 2 is 2.04 bits per heavy atom. The first-order valence-electron chi connectivity index (χ1n) is 8.82. The smallest absolute Gasteiger partial charge is 0.278 e. The molecular weight excluding hydrogens is 348 g/mol. The third-order valence-electron chi connectivity index (χ3n) is 4.94. The van der Waals surface area contributed by atoms with E-state index in [-0.39, 0.29) is 16.5 Å². The van der Waals surface area contributed by atoms with Gasteiger partial charge in [-0.25, -0.2) is 0 Å². The molecule has 140 valence electrons. The number of benzene rings is 1. The minimum absolute atomic E-state index is 0.0822. The molecule has 2 aromatic heterocycles. The Balaban J connectivity index is 1.56. The van der Waals surface area contributed by atoms with Crippen molar-refractivity contribution in [3.8, 4) is 0 Å². The van der Waals surface area contributed by atoms with Gasteiger partial charge in [-0.05, 0) is 36.2 Å². The summed E-state index contributed by atoms with van der Waals surface area (Å²) < 4.78 is 5.41. The Morgan fingerprint density at radius 3 is 2.70 bits per heavy atom. The molecule has 0 unspecified atom stereocenters. The van der Waals surface area contributed by atoms with Crippen molar-refractivity contribution in [2.75, 3.05) is 37.0 Å². The van der Waals surface area contributed by atoms with Crippen LogP contribution in [0.4, 0.5) is 17.3 Å². The number of nitrogens with zero attached hydrogens (tertiary/aromatic N) is 6. The first kappa shape index (κ1) is 17.2. The molecule has 0 atom stereocenters. The molecule has 1 aliphatic heterocycles. The van der Waals surface area contributed by atoms with Gasteiger partial charge in [0, 0.05) is 45.4 Å². The summed E-state index contributed by atoms with van der Waals surface area (Å²) in [6.45, 7) is 1.60. The average molecular weight is 368 g/mol. The standard InChI is InChI=1S/C18H20N6O3/c1-22(2)18-20-17(27-21-18)12-7-10-23(11-8-12)15-6-5-14(24(25)26)13-4-3-9-19-16(13)15/h3-6,9,12H,7-8,10-11H2,1-2H3. The van der Waals surface area contributed by atoms with Gasteiger partial charge in [0.05, 0.1) is 16.0 Å². The molecule has 3 aromatic rings. The molecule has 9 nitrogen and oxygen atoms in total. The highest BCUT2D eigenvalue weighted by Crippen LogP contribution is 2.35. The van der Waals surface area contributed by atoms with Gasteiger partial charge in [0.1, 0.15) is 5.52 Å². The number of hydrogen-bond donors (Lipinski definition) is 0. The fourth-order valence-corrected chi connectivity index (χ4v) is 3.50. The topological polar surface area (TPSA) is 101 Å². The minimum Gasteiger partial charge on any atom is -0.370 e. The number of hydrogen-bond acceptors (Lipinski definition) is 8. The number of rotatable bonds is 4. The zero-order chi connectivity index (χ0) is 19.0. The Kier molecular flexibility index (Phi) is 4.35. The predicted octanol–water partition coefficient (Wildman–Crippen LogP) is 2.98. The molecule has 0 amide bonds. The van der Waals surface area contributed by atoms with E-state index in [0.29, 0.717) is 22.7 Å². The van der Waals surface area contributed by atoms with E-state index in [1.807, 2.05) is 19.0 Å². The zero-order valence-electron chi connectivity index (χ0n) is 15.2. The van der Waals surface area contributed by atoms with Crippen LogP contribution in [0.2, 0.25) is 0 Å². The molecular formula is C18H20N6O3. The molecule has 0 bridgehead atoms. The van der Waals surface area contributed by atoms with Gasteiger partial charge in [-0.2, -0.15) is 4.98 Å². The van der Waals surface area contributed by atoms with Crippen molar-refractivity contribution in [2.45, 2.75) is 18.8 Å². The second-order valence-electron chi connectivity index (χ2n) is 6.85. The van der Waals surface area contributed by atoms with Crippen LogP contribution in [0.15, 0.2) is 35.0 Å². The molecule has 4 rings (SSSR count). The molecule has 0 N–H and O–H groups in total. The van der Waals surface area contributed by atoms with E-state index in [2.05, 4.69) is 20.0 Å². The van der Waals surface area contributed by atoms with Crippen molar-refractivity contribution >= 4 is 28.2 Å². The Morgan fingerprint density at radius 1 is 1.26 bits per heavy atom.